The molecule has 0 aliphatic carbocycles. The highest BCUT2D eigenvalue weighted by atomic mass is 16.5. The first-order chi connectivity index (χ1) is 13.3. The molecule has 1 heterocycles. The highest BCUT2D eigenvalue weighted by molar-refractivity contribution is 5.97. The molecule has 0 aliphatic heterocycles. The molecule has 0 aliphatic rings. The van der Waals surface area contributed by atoms with Crippen LogP contribution in [-0.2, 0) is 0 Å². The Balaban J connectivity index is 2.01. The third-order valence-electron chi connectivity index (χ3n) is 4.55. The average Bonchev–Trinajstić information content (AvgIpc) is 3.14. The van der Waals surface area contributed by atoms with Gasteiger partial charge in [0.05, 0.1) is 18.5 Å². The predicted octanol–water partition coefficient (Wildman–Crippen LogP) is 6.42. The molecule has 0 saturated heterocycles. The summed E-state index contributed by atoms with van der Waals surface area (Å²) in [6, 6.07) is 27.4. The lowest BCUT2D eigenvalue weighted by atomic mass is 9.99. The van der Waals surface area contributed by atoms with Crippen LogP contribution in [0.15, 0.2) is 90.1 Å². The lowest BCUT2D eigenvalue weighted by Crippen LogP contribution is -1.84. The topological polar surface area (TPSA) is 54.4 Å². The third-order valence-corrected chi connectivity index (χ3v) is 4.55. The molecule has 0 spiro atoms. The van der Waals surface area contributed by atoms with Crippen molar-refractivity contribution < 1.29 is 4.74 Å². The van der Waals surface area contributed by atoms with E-state index in [1.165, 1.54) is 0 Å². The summed E-state index contributed by atoms with van der Waals surface area (Å²) in [5.74, 6) is 0.724. The molecule has 0 bridgehead atoms. The lowest BCUT2D eigenvalue weighted by molar-refractivity contribution is 0.415. The first kappa shape index (κ1) is 16.8. The van der Waals surface area contributed by atoms with Crippen molar-refractivity contribution in [1.29, 1.82) is 0 Å². The predicted molar refractivity (Wildman–Crippen MR) is 109 cm³/mol. The molecule has 0 unspecified atom stereocenters. The zero-order chi connectivity index (χ0) is 18.6. The molecule has 4 heteroatoms. The molecule has 0 fully saturated rings. The van der Waals surface area contributed by atoms with Gasteiger partial charge in [-0.3, -0.25) is 0 Å². The number of methoxy groups -OCH3 is 1. The molecular formula is C23H18N2O2. The minimum absolute atomic E-state index is 0.397. The van der Waals surface area contributed by atoms with Crippen LogP contribution in [0.4, 0.5) is 5.69 Å². The van der Waals surface area contributed by atoms with E-state index in [-0.39, 0.29) is 0 Å². The van der Waals surface area contributed by atoms with Crippen molar-refractivity contribution in [3.63, 3.8) is 0 Å². The van der Waals surface area contributed by atoms with Crippen LogP contribution in [0.5, 0.6) is 5.75 Å². The Morgan fingerprint density at radius 3 is 2.00 bits per heavy atom. The standard InChI is InChI=1S/C23H18N2O2/c1-27-19-14-8-13-18(15-19)22-23(25-26)20(16-9-4-2-5-10-16)21(24-22)17-11-6-3-7-12-17/h2-15,24H,1H3. The number of H-pyrrole nitrogens is 1. The summed E-state index contributed by atoms with van der Waals surface area (Å²) in [4.78, 5) is 15.3. The van der Waals surface area contributed by atoms with Gasteiger partial charge in [-0.2, -0.15) is 0 Å². The van der Waals surface area contributed by atoms with E-state index in [4.69, 9.17) is 4.74 Å². The molecule has 0 radical (unpaired) electrons. The molecule has 0 saturated carbocycles. The van der Waals surface area contributed by atoms with Crippen molar-refractivity contribution >= 4 is 5.69 Å². The van der Waals surface area contributed by atoms with Gasteiger partial charge < -0.3 is 9.72 Å². The first-order valence-corrected chi connectivity index (χ1v) is 8.66. The molecule has 27 heavy (non-hydrogen) atoms. The van der Waals surface area contributed by atoms with Crippen molar-refractivity contribution in [2.24, 2.45) is 5.18 Å². The molecule has 1 aromatic heterocycles. The van der Waals surface area contributed by atoms with E-state index >= 15 is 0 Å². The van der Waals surface area contributed by atoms with E-state index in [2.05, 4.69) is 10.2 Å². The SMILES string of the molecule is COc1cccc(-c2[nH]c(-c3ccccc3)c(-c3ccccc3)c2N=O)c1. The molecule has 0 atom stereocenters. The quantitative estimate of drug-likeness (QED) is 0.420. The van der Waals surface area contributed by atoms with Crippen molar-refractivity contribution in [3.05, 3.63) is 89.8 Å². The van der Waals surface area contributed by atoms with Gasteiger partial charge in [0.25, 0.3) is 0 Å². The molecule has 1 N–H and O–H groups in total. The molecule has 4 aromatic rings. The maximum Gasteiger partial charge on any atom is 0.141 e. The first-order valence-electron chi connectivity index (χ1n) is 8.66. The zero-order valence-electron chi connectivity index (χ0n) is 14.8. The van der Waals surface area contributed by atoms with Crippen molar-refractivity contribution in [2.75, 3.05) is 7.11 Å². The van der Waals surface area contributed by atoms with Crippen LogP contribution in [-0.4, -0.2) is 12.1 Å². The molecule has 4 rings (SSSR count). The van der Waals surface area contributed by atoms with E-state index < -0.39 is 0 Å². The van der Waals surface area contributed by atoms with Crippen LogP contribution >= 0.6 is 0 Å². The Hall–Kier alpha value is -3.66. The van der Waals surface area contributed by atoms with Gasteiger partial charge >= 0.3 is 0 Å². The van der Waals surface area contributed by atoms with Crippen molar-refractivity contribution in [2.45, 2.75) is 0 Å². The Morgan fingerprint density at radius 1 is 0.741 bits per heavy atom. The monoisotopic (exact) mass is 354 g/mol. The minimum Gasteiger partial charge on any atom is -0.497 e. The van der Waals surface area contributed by atoms with Gasteiger partial charge in [-0.15, -0.1) is 4.91 Å². The summed E-state index contributed by atoms with van der Waals surface area (Å²) < 4.78 is 5.33. The lowest BCUT2D eigenvalue weighted by Gasteiger charge is -2.05. The Labute approximate surface area is 157 Å². The fraction of sp³-hybridized carbons (Fsp3) is 0.0435. The molecule has 4 nitrogen and oxygen atoms in total. The van der Waals surface area contributed by atoms with Crippen LogP contribution in [0.1, 0.15) is 0 Å². The number of rotatable bonds is 5. The third kappa shape index (κ3) is 3.13. The maximum atomic E-state index is 11.9. The van der Waals surface area contributed by atoms with Gasteiger partial charge in [-0.25, -0.2) is 0 Å². The fourth-order valence-corrected chi connectivity index (χ4v) is 3.28. The van der Waals surface area contributed by atoms with Crippen molar-refractivity contribution in [1.82, 2.24) is 4.98 Å². The van der Waals surface area contributed by atoms with Crippen LogP contribution in [0.3, 0.4) is 0 Å². The van der Waals surface area contributed by atoms with E-state index in [9.17, 15) is 4.91 Å². The van der Waals surface area contributed by atoms with Crippen LogP contribution in [0, 0.1) is 4.91 Å². The van der Waals surface area contributed by atoms with Crippen LogP contribution in [0.25, 0.3) is 33.6 Å². The minimum atomic E-state index is 0.397. The summed E-state index contributed by atoms with van der Waals surface area (Å²) in [6.07, 6.45) is 0. The Morgan fingerprint density at radius 2 is 1.37 bits per heavy atom. The number of nitroso groups, excluding NO2 is 1. The second kappa shape index (κ2) is 7.30. The number of nitrogens with zero attached hydrogens (tertiary/aromatic N) is 1. The average molecular weight is 354 g/mol. The fourth-order valence-electron chi connectivity index (χ4n) is 3.28. The summed E-state index contributed by atoms with van der Waals surface area (Å²) in [5.41, 5.74) is 5.54. The highest BCUT2D eigenvalue weighted by Gasteiger charge is 2.22. The number of hydrogen-bond acceptors (Lipinski definition) is 3. The maximum absolute atomic E-state index is 11.9. The van der Waals surface area contributed by atoms with Crippen LogP contribution < -0.4 is 4.74 Å². The number of ether oxygens (including phenoxy) is 1. The summed E-state index contributed by atoms with van der Waals surface area (Å²) in [5, 5.41) is 3.40. The molecule has 3 aromatic carbocycles. The van der Waals surface area contributed by atoms with Gasteiger partial charge in [0.1, 0.15) is 11.4 Å². The second-order valence-corrected chi connectivity index (χ2v) is 6.15. The number of aromatic nitrogens is 1. The van der Waals surface area contributed by atoms with Gasteiger partial charge in [0, 0.05) is 11.1 Å². The number of nitrogens with one attached hydrogen (secondary N) is 1. The number of benzene rings is 3. The van der Waals surface area contributed by atoms with E-state index in [1.54, 1.807) is 7.11 Å². The Kier molecular flexibility index (Phi) is 4.54. The number of aromatic amines is 1. The largest absolute Gasteiger partial charge is 0.497 e. The summed E-state index contributed by atoms with van der Waals surface area (Å²) >= 11 is 0. The Bertz CT molecular complexity index is 1070. The summed E-state index contributed by atoms with van der Waals surface area (Å²) in [6.45, 7) is 0. The molecular weight excluding hydrogens is 336 g/mol. The van der Waals surface area contributed by atoms with E-state index in [0.717, 1.165) is 33.7 Å². The van der Waals surface area contributed by atoms with Crippen molar-refractivity contribution in [3.8, 4) is 39.4 Å². The van der Waals surface area contributed by atoms with E-state index in [0.29, 0.717) is 11.4 Å². The normalized spacial score (nSPS) is 10.6. The smallest absolute Gasteiger partial charge is 0.141 e. The summed E-state index contributed by atoms with van der Waals surface area (Å²) in [7, 11) is 1.62. The zero-order valence-corrected chi connectivity index (χ0v) is 14.8. The number of hydrogen-bond donors (Lipinski definition) is 1. The highest BCUT2D eigenvalue weighted by Crippen LogP contribution is 2.45. The molecule has 132 valence electrons. The van der Waals surface area contributed by atoms with Gasteiger partial charge in [0.2, 0.25) is 0 Å². The second-order valence-electron chi connectivity index (χ2n) is 6.15. The van der Waals surface area contributed by atoms with Gasteiger partial charge in [0.15, 0.2) is 0 Å². The van der Waals surface area contributed by atoms with Gasteiger partial charge in [-0.05, 0) is 28.4 Å². The van der Waals surface area contributed by atoms with Crippen LogP contribution in [0.2, 0.25) is 0 Å². The molecule has 0 amide bonds. The van der Waals surface area contributed by atoms with Gasteiger partial charge in [-0.1, -0.05) is 72.8 Å². The van der Waals surface area contributed by atoms with E-state index in [1.807, 2.05) is 84.9 Å².